The van der Waals surface area contributed by atoms with Crippen LogP contribution in [0.5, 0.6) is 0 Å². The summed E-state index contributed by atoms with van der Waals surface area (Å²) in [7, 11) is 0. The summed E-state index contributed by atoms with van der Waals surface area (Å²) >= 11 is 0. The van der Waals surface area contributed by atoms with Crippen molar-refractivity contribution in [1.82, 2.24) is 4.98 Å². The van der Waals surface area contributed by atoms with E-state index >= 15 is 0 Å². The Balaban J connectivity index is 1.82. The summed E-state index contributed by atoms with van der Waals surface area (Å²) in [5, 5.41) is 0. The Morgan fingerprint density at radius 3 is 2.60 bits per heavy atom. The minimum atomic E-state index is 0.139. The number of pyridine rings is 1. The van der Waals surface area contributed by atoms with Gasteiger partial charge in [-0.25, -0.2) is 4.98 Å². The molecule has 0 bridgehead atoms. The molecule has 0 unspecified atom stereocenters. The van der Waals surface area contributed by atoms with Crippen LogP contribution in [-0.4, -0.2) is 16.9 Å². The van der Waals surface area contributed by atoms with Crippen LogP contribution in [0.1, 0.15) is 24.0 Å². The van der Waals surface area contributed by atoms with Crippen LogP contribution in [0.2, 0.25) is 0 Å². The number of carbonyl (C=O) groups is 1. The Kier molecular flexibility index (Phi) is 3.50. The van der Waals surface area contributed by atoms with Crippen LogP contribution in [0.25, 0.3) is 0 Å². The maximum atomic E-state index is 12.6. The van der Waals surface area contributed by atoms with Crippen LogP contribution >= 0.6 is 0 Å². The normalized spacial score (nSPS) is 14.1. The summed E-state index contributed by atoms with van der Waals surface area (Å²) < 4.78 is 0. The van der Waals surface area contributed by atoms with Crippen molar-refractivity contribution < 1.29 is 4.79 Å². The van der Waals surface area contributed by atoms with Crippen LogP contribution in [0, 0.1) is 6.92 Å². The standard InChI is InChI=1S/C17H18N2O/c1-13-6-2-3-7-14(13)12-17(20)19(15-9-10-15)16-8-4-5-11-18-16/h2-8,11,15H,9-10,12H2,1H3. The van der Waals surface area contributed by atoms with E-state index < -0.39 is 0 Å². The quantitative estimate of drug-likeness (QED) is 0.851. The zero-order valence-electron chi connectivity index (χ0n) is 11.6. The SMILES string of the molecule is Cc1ccccc1CC(=O)N(c1ccccn1)C1CC1. The number of hydrogen-bond acceptors (Lipinski definition) is 2. The lowest BCUT2D eigenvalue weighted by Gasteiger charge is -2.21. The molecule has 3 heteroatoms. The zero-order chi connectivity index (χ0) is 13.9. The lowest BCUT2D eigenvalue weighted by Crippen LogP contribution is -2.35. The highest BCUT2D eigenvalue weighted by Crippen LogP contribution is 2.31. The molecule has 0 saturated heterocycles. The second kappa shape index (κ2) is 5.45. The Hall–Kier alpha value is -2.16. The maximum Gasteiger partial charge on any atom is 0.232 e. The molecular weight excluding hydrogens is 248 g/mol. The van der Waals surface area contributed by atoms with Crippen molar-refractivity contribution >= 4 is 11.7 Å². The first-order valence-electron chi connectivity index (χ1n) is 7.03. The molecule has 20 heavy (non-hydrogen) atoms. The van der Waals surface area contributed by atoms with Gasteiger partial charge in [0.15, 0.2) is 0 Å². The minimum Gasteiger partial charge on any atom is -0.293 e. The van der Waals surface area contributed by atoms with Gasteiger partial charge < -0.3 is 0 Å². The largest absolute Gasteiger partial charge is 0.293 e. The smallest absolute Gasteiger partial charge is 0.232 e. The van der Waals surface area contributed by atoms with Crippen molar-refractivity contribution in [3.05, 3.63) is 59.8 Å². The third-order valence-electron chi connectivity index (χ3n) is 3.68. The van der Waals surface area contributed by atoms with Gasteiger partial charge >= 0.3 is 0 Å². The summed E-state index contributed by atoms with van der Waals surface area (Å²) in [6, 6.07) is 14.1. The van der Waals surface area contributed by atoms with Crippen molar-refractivity contribution in [2.24, 2.45) is 0 Å². The molecule has 1 aliphatic rings. The molecule has 0 radical (unpaired) electrons. The van der Waals surface area contributed by atoms with E-state index in [2.05, 4.69) is 4.98 Å². The highest BCUT2D eigenvalue weighted by atomic mass is 16.2. The van der Waals surface area contributed by atoms with Crippen LogP contribution in [0.3, 0.4) is 0 Å². The van der Waals surface area contributed by atoms with Crippen LogP contribution < -0.4 is 4.90 Å². The van der Waals surface area contributed by atoms with E-state index in [1.54, 1.807) is 6.20 Å². The van der Waals surface area contributed by atoms with Gasteiger partial charge in [-0.05, 0) is 43.0 Å². The summed E-state index contributed by atoms with van der Waals surface area (Å²) in [5.74, 6) is 0.911. The van der Waals surface area contributed by atoms with Crippen LogP contribution in [-0.2, 0) is 11.2 Å². The molecule has 102 valence electrons. The Bertz CT molecular complexity index is 605. The van der Waals surface area contributed by atoms with Gasteiger partial charge in [0.1, 0.15) is 5.82 Å². The lowest BCUT2D eigenvalue weighted by molar-refractivity contribution is -0.118. The summed E-state index contributed by atoms with van der Waals surface area (Å²) in [6.07, 6.45) is 4.34. The van der Waals surface area contributed by atoms with Gasteiger partial charge in [0.25, 0.3) is 0 Å². The third-order valence-corrected chi connectivity index (χ3v) is 3.68. The average Bonchev–Trinajstić information content (AvgIpc) is 3.28. The number of aryl methyl sites for hydroxylation is 1. The highest BCUT2D eigenvalue weighted by molar-refractivity contribution is 5.95. The van der Waals surface area contributed by atoms with E-state index in [-0.39, 0.29) is 5.91 Å². The van der Waals surface area contributed by atoms with E-state index in [0.717, 1.165) is 29.8 Å². The highest BCUT2D eigenvalue weighted by Gasteiger charge is 2.34. The number of rotatable bonds is 4. The first-order valence-corrected chi connectivity index (χ1v) is 7.03. The Morgan fingerprint density at radius 1 is 1.20 bits per heavy atom. The molecule has 0 atom stereocenters. The topological polar surface area (TPSA) is 33.2 Å². The molecule has 0 spiro atoms. The number of nitrogens with zero attached hydrogens (tertiary/aromatic N) is 2. The van der Waals surface area contributed by atoms with Gasteiger partial charge in [-0.2, -0.15) is 0 Å². The van der Waals surface area contributed by atoms with Gasteiger partial charge in [0.05, 0.1) is 6.42 Å². The average molecular weight is 266 g/mol. The van der Waals surface area contributed by atoms with Gasteiger partial charge in [0.2, 0.25) is 5.91 Å². The van der Waals surface area contributed by atoms with Crippen LogP contribution in [0.15, 0.2) is 48.7 Å². The predicted octanol–water partition coefficient (Wildman–Crippen LogP) is 3.13. The molecule has 1 saturated carbocycles. The fraction of sp³-hybridized carbons (Fsp3) is 0.294. The molecule has 1 heterocycles. The van der Waals surface area contributed by atoms with E-state index in [9.17, 15) is 4.79 Å². The van der Waals surface area contributed by atoms with Crippen molar-refractivity contribution in [3.8, 4) is 0 Å². The number of benzene rings is 1. The number of aromatic nitrogens is 1. The molecule has 1 amide bonds. The van der Waals surface area contributed by atoms with Crippen LogP contribution in [0.4, 0.5) is 5.82 Å². The summed E-state index contributed by atoms with van der Waals surface area (Å²) in [5.41, 5.74) is 2.26. The number of carbonyl (C=O) groups excluding carboxylic acids is 1. The molecule has 2 aromatic rings. The monoisotopic (exact) mass is 266 g/mol. The van der Waals surface area contributed by atoms with Crippen molar-refractivity contribution in [3.63, 3.8) is 0 Å². The van der Waals surface area contributed by atoms with Gasteiger partial charge in [-0.1, -0.05) is 30.3 Å². The fourth-order valence-electron chi connectivity index (χ4n) is 2.40. The third kappa shape index (κ3) is 2.72. The molecular formula is C17H18N2O. The van der Waals surface area contributed by atoms with E-state index in [0.29, 0.717) is 12.5 Å². The second-order valence-corrected chi connectivity index (χ2v) is 5.29. The van der Waals surface area contributed by atoms with Crippen molar-refractivity contribution in [2.75, 3.05) is 4.90 Å². The van der Waals surface area contributed by atoms with E-state index in [1.807, 2.05) is 54.3 Å². The van der Waals surface area contributed by atoms with Gasteiger partial charge in [0, 0.05) is 12.2 Å². The molecule has 0 aliphatic heterocycles. The molecule has 3 nitrogen and oxygen atoms in total. The maximum absolute atomic E-state index is 12.6. The first kappa shape index (κ1) is 12.9. The molecule has 1 aromatic heterocycles. The Morgan fingerprint density at radius 2 is 1.95 bits per heavy atom. The van der Waals surface area contributed by atoms with Gasteiger partial charge in [-0.3, -0.25) is 9.69 Å². The van der Waals surface area contributed by atoms with Crippen molar-refractivity contribution in [1.29, 1.82) is 0 Å². The zero-order valence-corrected chi connectivity index (χ0v) is 11.6. The summed E-state index contributed by atoms with van der Waals surface area (Å²) in [4.78, 5) is 18.8. The van der Waals surface area contributed by atoms with Gasteiger partial charge in [-0.15, -0.1) is 0 Å². The predicted molar refractivity (Wildman–Crippen MR) is 79.6 cm³/mol. The van der Waals surface area contributed by atoms with Crippen molar-refractivity contribution in [2.45, 2.75) is 32.2 Å². The number of amides is 1. The molecule has 0 N–H and O–H groups in total. The number of anilines is 1. The molecule has 1 aromatic carbocycles. The fourth-order valence-corrected chi connectivity index (χ4v) is 2.40. The minimum absolute atomic E-state index is 0.139. The molecule has 1 aliphatic carbocycles. The summed E-state index contributed by atoms with van der Waals surface area (Å²) in [6.45, 7) is 2.05. The first-order chi connectivity index (χ1) is 9.75. The molecule has 1 fully saturated rings. The number of hydrogen-bond donors (Lipinski definition) is 0. The second-order valence-electron chi connectivity index (χ2n) is 5.29. The molecule has 3 rings (SSSR count). The van der Waals surface area contributed by atoms with E-state index in [4.69, 9.17) is 0 Å². The van der Waals surface area contributed by atoms with E-state index in [1.165, 1.54) is 0 Å². The lowest BCUT2D eigenvalue weighted by atomic mass is 10.1. The Labute approximate surface area is 119 Å².